The molecule has 7 heteroatoms. The molecular weight excluding hydrogens is 262 g/mol. The number of fused-ring (bicyclic) bond motifs is 1. The van der Waals surface area contributed by atoms with Crippen molar-refractivity contribution in [3.05, 3.63) is 23.5 Å². The SMILES string of the molecule is Cc1noc2ncc(C(=O)N[C@H](C(=O)O)C(C)C)cc12. The first kappa shape index (κ1) is 14.0. The number of carboxylic acids is 1. The first-order chi connectivity index (χ1) is 9.40. The van der Waals surface area contributed by atoms with Crippen molar-refractivity contribution in [2.24, 2.45) is 5.92 Å². The van der Waals surface area contributed by atoms with Crippen molar-refractivity contribution in [2.45, 2.75) is 26.8 Å². The van der Waals surface area contributed by atoms with Crippen molar-refractivity contribution in [2.75, 3.05) is 0 Å². The van der Waals surface area contributed by atoms with E-state index in [4.69, 9.17) is 9.63 Å². The highest BCUT2D eigenvalue weighted by molar-refractivity contribution is 5.98. The molecule has 106 valence electrons. The molecule has 7 nitrogen and oxygen atoms in total. The number of aryl methyl sites for hydroxylation is 1. The van der Waals surface area contributed by atoms with Gasteiger partial charge in [0.25, 0.3) is 11.6 Å². The molecule has 1 atom stereocenters. The Morgan fingerprint density at radius 3 is 2.70 bits per heavy atom. The van der Waals surface area contributed by atoms with Crippen molar-refractivity contribution in [1.82, 2.24) is 15.5 Å². The maximum Gasteiger partial charge on any atom is 0.326 e. The number of rotatable bonds is 4. The smallest absolute Gasteiger partial charge is 0.326 e. The lowest BCUT2D eigenvalue weighted by molar-refractivity contribution is -0.140. The third kappa shape index (κ3) is 2.61. The van der Waals surface area contributed by atoms with Crippen LogP contribution in [-0.2, 0) is 4.79 Å². The topological polar surface area (TPSA) is 105 Å². The largest absolute Gasteiger partial charge is 0.480 e. The van der Waals surface area contributed by atoms with Gasteiger partial charge in [-0.25, -0.2) is 9.78 Å². The summed E-state index contributed by atoms with van der Waals surface area (Å²) in [6.45, 7) is 5.19. The number of pyridine rings is 1. The van der Waals surface area contributed by atoms with Gasteiger partial charge >= 0.3 is 5.97 Å². The Labute approximate surface area is 115 Å². The van der Waals surface area contributed by atoms with E-state index in [1.165, 1.54) is 6.20 Å². The van der Waals surface area contributed by atoms with Crippen molar-refractivity contribution < 1.29 is 19.2 Å². The fourth-order valence-electron chi connectivity index (χ4n) is 1.81. The first-order valence-electron chi connectivity index (χ1n) is 6.16. The molecule has 0 unspecified atom stereocenters. The highest BCUT2D eigenvalue weighted by Crippen LogP contribution is 2.17. The quantitative estimate of drug-likeness (QED) is 0.874. The molecule has 0 spiro atoms. The number of nitrogens with zero attached hydrogens (tertiary/aromatic N) is 2. The van der Waals surface area contributed by atoms with Gasteiger partial charge in [-0.05, 0) is 18.9 Å². The Hall–Kier alpha value is -2.44. The summed E-state index contributed by atoms with van der Waals surface area (Å²) in [5, 5.41) is 15.9. The zero-order valence-electron chi connectivity index (χ0n) is 11.4. The van der Waals surface area contributed by atoms with Gasteiger partial charge in [-0.3, -0.25) is 4.79 Å². The van der Waals surface area contributed by atoms with E-state index in [1.807, 2.05) is 0 Å². The van der Waals surface area contributed by atoms with Crippen LogP contribution in [0.3, 0.4) is 0 Å². The van der Waals surface area contributed by atoms with E-state index in [1.54, 1.807) is 26.8 Å². The van der Waals surface area contributed by atoms with Crippen LogP contribution in [0.2, 0.25) is 0 Å². The van der Waals surface area contributed by atoms with Crippen LogP contribution < -0.4 is 5.32 Å². The van der Waals surface area contributed by atoms with Crippen LogP contribution in [0.4, 0.5) is 0 Å². The molecule has 0 aliphatic rings. The van der Waals surface area contributed by atoms with Crippen molar-refractivity contribution in [3.8, 4) is 0 Å². The van der Waals surface area contributed by atoms with Crippen LogP contribution in [0.15, 0.2) is 16.8 Å². The number of hydrogen-bond donors (Lipinski definition) is 2. The lowest BCUT2D eigenvalue weighted by Crippen LogP contribution is -2.44. The summed E-state index contributed by atoms with van der Waals surface area (Å²) in [5.41, 5.74) is 1.24. The maximum atomic E-state index is 12.1. The number of carbonyl (C=O) groups excluding carboxylic acids is 1. The standard InChI is InChI=1S/C13H15N3O4/c1-6(2)10(13(18)19)15-11(17)8-4-9-7(3)16-20-12(9)14-5-8/h4-6,10H,1-3H3,(H,15,17)(H,18,19)/t10-/m0/s1. The molecule has 20 heavy (non-hydrogen) atoms. The van der Waals surface area contributed by atoms with E-state index < -0.39 is 17.9 Å². The maximum absolute atomic E-state index is 12.1. The average Bonchev–Trinajstić information content (AvgIpc) is 2.76. The zero-order chi connectivity index (χ0) is 14.9. The molecule has 0 aliphatic heterocycles. The number of hydrogen-bond acceptors (Lipinski definition) is 5. The van der Waals surface area contributed by atoms with Crippen LogP contribution in [0.25, 0.3) is 11.1 Å². The fraction of sp³-hybridized carbons (Fsp3) is 0.385. The molecule has 0 aliphatic carbocycles. The molecule has 0 fully saturated rings. The average molecular weight is 277 g/mol. The summed E-state index contributed by atoms with van der Waals surface area (Å²) in [6.07, 6.45) is 1.33. The second-order valence-corrected chi connectivity index (χ2v) is 4.88. The zero-order valence-corrected chi connectivity index (χ0v) is 11.4. The van der Waals surface area contributed by atoms with Crippen molar-refractivity contribution in [3.63, 3.8) is 0 Å². The summed E-state index contributed by atoms with van der Waals surface area (Å²) in [6, 6.07) is 0.643. The minimum atomic E-state index is -1.07. The molecule has 0 radical (unpaired) electrons. The molecule has 2 aromatic rings. The van der Waals surface area contributed by atoms with Crippen LogP contribution in [-0.4, -0.2) is 33.2 Å². The molecule has 0 saturated heterocycles. The molecule has 2 aromatic heterocycles. The van der Waals surface area contributed by atoms with Gasteiger partial charge < -0.3 is 14.9 Å². The van der Waals surface area contributed by atoms with Gasteiger partial charge in [0.2, 0.25) is 0 Å². The summed E-state index contributed by atoms with van der Waals surface area (Å²) >= 11 is 0. The third-order valence-corrected chi connectivity index (χ3v) is 2.99. The first-order valence-corrected chi connectivity index (χ1v) is 6.16. The van der Waals surface area contributed by atoms with Crippen LogP contribution in [0, 0.1) is 12.8 Å². The van der Waals surface area contributed by atoms with E-state index in [2.05, 4.69) is 15.5 Å². The predicted molar refractivity (Wildman–Crippen MR) is 70.3 cm³/mol. The van der Waals surface area contributed by atoms with Gasteiger partial charge in [-0.15, -0.1) is 0 Å². The second kappa shape index (κ2) is 5.28. The molecule has 2 rings (SSSR count). The predicted octanol–water partition coefficient (Wildman–Crippen LogP) is 1.37. The second-order valence-electron chi connectivity index (χ2n) is 4.88. The Balaban J connectivity index is 2.26. The van der Waals surface area contributed by atoms with Crippen LogP contribution in [0.5, 0.6) is 0 Å². The molecule has 0 aromatic carbocycles. The highest BCUT2D eigenvalue weighted by Gasteiger charge is 2.24. The number of nitrogens with one attached hydrogen (secondary N) is 1. The van der Waals surface area contributed by atoms with Gasteiger partial charge in [0.15, 0.2) is 0 Å². The lowest BCUT2D eigenvalue weighted by atomic mass is 10.0. The van der Waals surface area contributed by atoms with Crippen molar-refractivity contribution >= 4 is 23.0 Å². The fourth-order valence-corrected chi connectivity index (χ4v) is 1.81. The Morgan fingerprint density at radius 2 is 2.10 bits per heavy atom. The summed E-state index contributed by atoms with van der Waals surface area (Å²) in [7, 11) is 0. The monoisotopic (exact) mass is 277 g/mol. The molecular formula is C13H15N3O4. The minimum Gasteiger partial charge on any atom is -0.480 e. The molecule has 1 amide bonds. The normalized spacial score (nSPS) is 12.6. The highest BCUT2D eigenvalue weighted by atomic mass is 16.5. The number of amides is 1. The van der Waals surface area contributed by atoms with Crippen LogP contribution >= 0.6 is 0 Å². The Kier molecular flexibility index (Phi) is 3.69. The molecule has 0 bridgehead atoms. The van der Waals surface area contributed by atoms with Gasteiger partial charge in [0, 0.05) is 6.20 Å². The Bertz CT molecular complexity index is 663. The van der Waals surface area contributed by atoms with Gasteiger partial charge in [0.05, 0.1) is 16.6 Å². The summed E-state index contributed by atoms with van der Waals surface area (Å²) in [4.78, 5) is 27.1. The van der Waals surface area contributed by atoms with E-state index in [0.717, 1.165) is 0 Å². The van der Waals surface area contributed by atoms with E-state index in [0.29, 0.717) is 16.8 Å². The molecule has 2 N–H and O–H groups in total. The van der Waals surface area contributed by atoms with Gasteiger partial charge in [-0.2, -0.15) is 0 Å². The number of aromatic nitrogens is 2. The van der Waals surface area contributed by atoms with E-state index in [-0.39, 0.29) is 11.5 Å². The third-order valence-electron chi connectivity index (χ3n) is 2.99. The molecule has 2 heterocycles. The van der Waals surface area contributed by atoms with Crippen molar-refractivity contribution in [1.29, 1.82) is 0 Å². The summed E-state index contributed by atoms with van der Waals surface area (Å²) < 4.78 is 4.95. The van der Waals surface area contributed by atoms with Gasteiger partial charge in [-0.1, -0.05) is 19.0 Å². The number of carboxylic acid groups (broad SMARTS) is 1. The number of aliphatic carboxylic acids is 1. The summed E-state index contributed by atoms with van der Waals surface area (Å²) in [5.74, 6) is -1.77. The van der Waals surface area contributed by atoms with Crippen LogP contribution in [0.1, 0.15) is 29.9 Å². The minimum absolute atomic E-state index is 0.217. The molecule has 0 saturated carbocycles. The Morgan fingerprint density at radius 1 is 1.40 bits per heavy atom. The van der Waals surface area contributed by atoms with Gasteiger partial charge in [0.1, 0.15) is 6.04 Å². The lowest BCUT2D eigenvalue weighted by Gasteiger charge is -2.17. The van der Waals surface area contributed by atoms with E-state index >= 15 is 0 Å². The number of carbonyl (C=O) groups is 2. The van der Waals surface area contributed by atoms with E-state index in [9.17, 15) is 9.59 Å².